The minimum Gasteiger partial charge on any atom is -0.494 e. The van der Waals surface area contributed by atoms with Crippen LogP contribution in [-0.4, -0.2) is 44.3 Å². The fraction of sp³-hybridized carbons (Fsp3) is 0.581. The number of esters is 1. The lowest BCUT2D eigenvalue weighted by Gasteiger charge is -2.29. The maximum Gasteiger partial charge on any atom is 0.306 e. The maximum atomic E-state index is 12.1. The van der Waals surface area contributed by atoms with Gasteiger partial charge in [-0.05, 0) is 43.4 Å². The van der Waals surface area contributed by atoms with E-state index in [-0.39, 0.29) is 5.97 Å². The second-order valence-corrected chi connectivity index (χ2v) is 10.3. The van der Waals surface area contributed by atoms with Crippen molar-refractivity contribution in [2.24, 2.45) is 0 Å². The molecule has 0 N–H and O–H groups in total. The van der Waals surface area contributed by atoms with Crippen LogP contribution in [0.1, 0.15) is 82.3 Å². The highest BCUT2D eigenvalue weighted by Gasteiger charge is 2.16. The van der Waals surface area contributed by atoms with Crippen LogP contribution in [0.15, 0.2) is 54.6 Å². The van der Waals surface area contributed by atoms with Crippen molar-refractivity contribution in [3.8, 4) is 5.75 Å². The molecule has 4 nitrogen and oxygen atoms in total. The Hall–Kier alpha value is -2.33. The molecule has 0 saturated heterocycles. The highest BCUT2D eigenvalue weighted by Crippen LogP contribution is 2.16. The number of unbranched alkanes of at least 4 members (excludes halogenated alkanes) is 6. The minimum absolute atomic E-state index is 0.0911. The standard InChI is InChI=1S/C31H48NO3/c1-4-5-6-7-8-10-16-28-20-22-30(23-21-28)34-25-13-14-26-35-31(33)19-15-24-32(2,3)27-29-17-11-9-12-18-29/h9,11-12,17-18,20-23H,4-8,10,13-16,19,24-27H2,1-3H3/q+1. The van der Waals surface area contributed by atoms with Crippen molar-refractivity contribution >= 4 is 5.97 Å². The molecule has 0 amide bonds. The zero-order chi connectivity index (χ0) is 25.2. The van der Waals surface area contributed by atoms with Crippen LogP contribution in [0.2, 0.25) is 0 Å². The molecule has 0 bridgehead atoms. The molecule has 194 valence electrons. The fourth-order valence-electron chi connectivity index (χ4n) is 4.32. The van der Waals surface area contributed by atoms with E-state index in [1.807, 2.05) is 6.07 Å². The molecule has 2 aromatic carbocycles. The molecule has 0 saturated carbocycles. The quantitative estimate of drug-likeness (QED) is 0.119. The summed E-state index contributed by atoms with van der Waals surface area (Å²) in [5.74, 6) is 0.830. The summed E-state index contributed by atoms with van der Waals surface area (Å²) in [5.41, 5.74) is 2.72. The molecule has 0 fully saturated rings. The monoisotopic (exact) mass is 482 g/mol. The van der Waals surface area contributed by atoms with Crippen LogP contribution in [-0.2, 0) is 22.5 Å². The molecule has 0 atom stereocenters. The Bertz CT molecular complexity index is 802. The number of hydrogen-bond donors (Lipinski definition) is 0. The molecule has 2 rings (SSSR count). The van der Waals surface area contributed by atoms with Crippen molar-refractivity contribution in [3.63, 3.8) is 0 Å². The molecule has 0 aliphatic rings. The SMILES string of the molecule is CCCCCCCCc1ccc(OCCCCOC(=O)CCC[N+](C)(C)Cc2ccccc2)cc1. The van der Waals surface area contributed by atoms with Crippen molar-refractivity contribution in [1.82, 2.24) is 0 Å². The highest BCUT2D eigenvalue weighted by molar-refractivity contribution is 5.69. The number of carbonyl (C=O) groups is 1. The zero-order valence-electron chi connectivity index (χ0n) is 22.5. The van der Waals surface area contributed by atoms with Crippen LogP contribution in [0.3, 0.4) is 0 Å². The Morgan fingerprint density at radius 1 is 0.743 bits per heavy atom. The van der Waals surface area contributed by atoms with Gasteiger partial charge in [-0.15, -0.1) is 0 Å². The average molecular weight is 483 g/mol. The number of benzene rings is 2. The summed E-state index contributed by atoms with van der Waals surface area (Å²) < 4.78 is 12.1. The lowest BCUT2D eigenvalue weighted by atomic mass is 10.0. The van der Waals surface area contributed by atoms with E-state index in [0.29, 0.717) is 19.6 Å². The predicted octanol–water partition coefficient (Wildman–Crippen LogP) is 7.35. The van der Waals surface area contributed by atoms with Gasteiger partial charge in [0.1, 0.15) is 12.3 Å². The molecule has 0 aromatic heterocycles. The van der Waals surface area contributed by atoms with Crippen LogP contribution in [0.4, 0.5) is 0 Å². The number of aryl methyl sites for hydroxylation is 1. The van der Waals surface area contributed by atoms with Gasteiger partial charge >= 0.3 is 5.97 Å². The molecule has 0 aliphatic heterocycles. The van der Waals surface area contributed by atoms with Crippen molar-refractivity contribution in [3.05, 3.63) is 65.7 Å². The van der Waals surface area contributed by atoms with Crippen molar-refractivity contribution in [2.45, 2.75) is 84.1 Å². The van der Waals surface area contributed by atoms with E-state index in [1.54, 1.807) is 0 Å². The summed E-state index contributed by atoms with van der Waals surface area (Å²) in [6, 6.07) is 19.0. The number of rotatable bonds is 19. The highest BCUT2D eigenvalue weighted by atomic mass is 16.5. The molecule has 0 radical (unpaired) electrons. The smallest absolute Gasteiger partial charge is 0.306 e. The van der Waals surface area contributed by atoms with Crippen molar-refractivity contribution in [1.29, 1.82) is 0 Å². The summed E-state index contributed by atoms with van der Waals surface area (Å²) in [6.45, 7) is 5.31. The van der Waals surface area contributed by atoms with Crippen LogP contribution < -0.4 is 4.74 Å². The zero-order valence-corrected chi connectivity index (χ0v) is 22.5. The van der Waals surface area contributed by atoms with Crippen molar-refractivity contribution in [2.75, 3.05) is 33.9 Å². The molecule has 4 heteroatoms. The Morgan fingerprint density at radius 3 is 2.17 bits per heavy atom. The minimum atomic E-state index is -0.0911. The van der Waals surface area contributed by atoms with E-state index in [4.69, 9.17) is 9.47 Å². The van der Waals surface area contributed by atoms with Gasteiger partial charge in [0, 0.05) is 12.0 Å². The van der Waals surface area contributed by atoms with E-state index >= 15 is 0 Å². The second-order valence-electron chi connectivity index (χ2n) is 10.3. The molecule has 0 heterocycles. The number of quaternary nitrogens is 1. The molecular formula is C31H48NO3+. The van der Waals surface area contributed by atoms with Gasteiger partial charge in [-0.25, -0.2) is 0 Å². The Labute approximate surface area is 214 Å². The largest absolute Gasteiger partial charge is 0.494 e. The Balaban J connectivity index is 1.47. The van der Waals surface area contributed by atoms with E-state index in [1.165, 1.54) is 49.7 Å². The van der Waals surface area contributed by atoms with Crippen LogP contribution in [0.5, 0.6) is 5.75 Å². The Morgan fingerprint density at radius 2 is 1.43 bits per heavy atom. The third-order valence-electron chi connectivity index (χ3n) is 6.41. The summed E-state index contributed by atoms with van der Waals surface area (Å²) in [4.78, 5) is 12.1. The molecular weight excluding hydrogens is 434 g/mol. The lowest BCUT2D eigenvalue weighted by Crippen LogP contribution is -2.39. The number of nitrogens with zero attached hydrogens (tertiary/aromatic N) is 1. The average Bonchev–Trinajstić information content (AvgIpc) is 2.84. The van der Waals surface area contributed by atoms with Gasteiger partial charge in [-0.3, -0.25) is 4.79 Å². The fourth-order valence-corrected chi connectivity index (χ4v) is 4.32. The van der Waals surface area contributed by atoms with E-state index < -0.39 is 0 Å². The maximum absolute atomic E-state index is 12.1. The number of hydrogen-bond acceptors (Lipinski definition) is 3. The predicted molar refractivity (Wildman–Crippen MR) is 146 cm³/mol. The third kappa shape index (κ3) is 14.0. The van der Waals surface area contributed by atoms with Crippen LogP contribution in [0, 0.1) is 0 Å². The van der Waals surface area contributed by atoms with Gasteiger partial charge in [0.05, 0.1) is 40.3 Å². The van der Waals surface area contributed by atoms with Gasteiger partial charge in [0.15, 0.2) is 0 Å². The van der Waals surface area contributed by atoms with Gasteiger partial charge in [-0.2, -0.15) is 0 Å². The number of carbonyl (C=O) groups excluding carboxylic acids is 1. The van der Waals surface area contributed by atoms with Gasteiger partial charge in [0.2, 0.25) is 0 Å². The molecule has 2 aromatic rings. The van der Waals surface area contributed by atoms with Crippen LogP contribution in [0.25, 0.3) is 0 Å². The van der Waals surface area contributed by atoms with Crippen LogP contribution >= 0.6 is 0 Å². The topological polar surface area (TPSA) is 35.5 Å². The first-order valence-electron chi connectivity index (χ1n) is 13.7. The molecule has 0 spiro atoms. The summed E-state index contributed by atoms with van der Waals surface area (Å²) in [5, 5.41) is 0. The molecule has 0 unspecified atom stereocenters. The normalized spacial score (nSPS) is 11.4. The lowest BCUT2D eigenvalue weighted by molar-refractivity contribution is -0.903. The van der Waals surface area contributed by atoms with Gasteiger partial charge in [0.25, 0.3) is 0 Å². The first-order chi connectivity index (χ1) is 17.0. The third-order valence-corrected chi connectivity index (χ3v) is 6.41. The van der Waals surface area contributed by atoms with Gasteiger partial charge < -0.3 is 14.0 Å². The first kappa shape index (κ1) is 28.9. The second kappa shape index (κ2) is 17.2. The van der Waals surface area contributed by atoms with E-state index in [9.17, 15) is 4.79 Å². The van der Waals surface area contributed by atoms with Crippen molar-refractivity contribution < 1.29 is 18.8 Å². The van der Waals surface area contributed by atoms with E-state index in [0.717, 1.165) is 49.0 Å². The summed E-state index contributed by atoms with van der Waals surface area (Å²) in [6.07, 6.45) is 12.2. The Kier molecular flexibility index (Phi) is 14.2. The first-order valence-corrected chi connectivity index (χ1v) is 13.7. The number of ether oxygens (including phenoxy) is 2. The van der Waals surface area contributed by atoms with E-state index in [2.05, 4.69) is 69.6 Å². The molecule has 0 aliphatic carbocycles. The summed E-state index contributed by atoms with van der Waals surface area (Å²) >= 11 is 0. The summed E-state index contributed by atoms with van der Waals surface area (Å²) in [7, 11) is 4.42. The molecule has 35 heavy (non-hydrogen) atoms. The van der Waals surface area contributed by atoms with Gasteiger partial charge in [-0.1, -0.05) is 81.5 Å².